The first-order valence-corrected chi connectivity index (χ1v) is 8.32. The first-order valence-electron chi connectivity index (χ1n) is 8.32. The Morgan fingerprint density at radius 3 is 2.65 bits per heavy atom. The van der Waals surface area contributed by atoms with Crippen LogP contribution in [0.2, 0.25) is 0 Å². The Labute approximate surface area is 125 Å². The average molecular weight is 273 g/mol. The van der Waals surface area contributed by atoms with Crippen LogP contribution in [0.3, 0.4) is 0 Å². The van der Waals surface area contributed by atoms with Crippen LogP contribution in [0.4, 0.5) is 0 Å². The summed E-state index contributed by atoms with van der Waals surface area (Å²) in [5.41, 5.74) is 3.43. The van der Waals surface area contributed by atoms with Crippen molar-refractivity contribution in [3.8, 4) is 0 Å². The summed E-state index contributed by atoms with van der Waals surface area (Å²) in [4.78, 5) is 0. The lowest BCUT2D eigenvalue weighted by Gasteiger charge is -2.44. The van der Waals surface area contributed by atoms with Crippen LogP contribution in [0.5, 0.6) is 0 Å². The van der Waals surface area contributed by atoms with Gasteiger partial charge < -0.3 is 5.32 Å². The second-order valence-electron chi connectivity index (χ2n) is 7.14. The van der Waals surface area contributed by atoms with Gasteiger partial charge in [-0.1, -0.05) is 57.9 Å². The van der Waals surface area contributed by atoms with Gasteiger partial charge in [0.15, 0.2) is 0 Å². The molecule has 1 saturated carbocycles. The van der Waals surface area contributed by atoms with Crippen LogP contribution < -0.4 is 5.32 Å². The predicted molar refractivity (Wildman–Crippen MR) is 88.1 cm³/mol. The highest BCUT2D eigenvalue weighted by Crippen LogP contribution is 2.43. The lowest BCUT2D eigenvalue weighted by molar-refractivity contribution is 0.0987. The van der Waals surface area contributed by atoms with Crippen molar-refractivity contribution in [2.24, 2.45) is 11.3 Å². The molecule has 0 aliphatic heterocycles. The van der Waals surface area contributed by atoms with Crippen molar-refractivity contribution in [2.45, 2.75) is 65.8 Å². The van der Waals surface area contributed by atoms with E-state index in [1.54, 1.807) is 0 Å². The van der Waals surface area contributed by atoms with Crippen LogP contribution in [0, 0.1) is 18.3 Å². The third-order valence-corrected chi connectivity index (χ3v) is 5.24. The summed E-state index contributed by atoms with van der Waals surface area (Å²) >= 11 is 0. The summed E-state index contributed by atoms with van der Waals surface area (Å²) in [7, 11) is 0. The van der Waals surface area contributed by atoms with E-state index in [0.29, 0.717) is 11.5 Å². The molecule has 1 aliphatic carbocycles. The molecular formula is C19H31N. The van der Waals surface area contributed by atoms with Gasteiger partial charge in [-0.05, 0) is 55.2 Å². The van der Waals surface area contributed by atoms with Crippen LogP contribution in [0.1, 0.15) is 57.6 Å². The lowest BCUT2D eigenvalue weighted by Crippen LogP contribution is -2.46. The largest absolute Gasteiger partial charge is 0.314 e. The molecule has 0 aromatic heterocycles. The SMILES string of the molecule is CCNC(Cc1ccccc1C)C1CCCCC1(C)C. The Morgan fingerprint density at radius 1 is 1.25 bits per heavy atom. The molecule has 1 heteroatoms. The van der Waals surface area contributed by atoms with Gasteiger partial charge in [-0.2, -0.15) is 0 Å². The molecule has 1 N–H and O–H groups in total. The highest BCUT2D eigenvalue weighted by atomic mass is 14.9. The summed E-state index contributed by atoms with van der Waals surface area (Å²) in [6.07, 6.45) is 6.76. The van der Waals surface area contributed by atoms with Crippen molar-refractivity contribution in [3.63, 3.8) is 0 Å². The molecule has 2 atom stereocenters. The molecular weight excluding hydrogens is 242 g/mol. The van der Waals surface area contributed by atoms with Crippen LogP contribution >= 0.6 is 0 Å². The lowest BCUT2D eigenvalue weighted by atomic mass is 9.65. The predicted octanol–water partition coefficient (Wildman–Crippen LogP) is 4.73. The molecule has 20 heavy (non-hydrogen) atoms. The Kier molecular flexibility index (Phi) is 5.26. The zero-order chi connectivity index (χ0) is 14.6. The quantitative estimate of drug-likeness (QED) is 0.817. The van der Waals surface area contributed by atoms with Gasteiger partial charge in [0.25, 0.3) is 0 Å². The fourth-order valence-electron chi connectivity index (χ4n) is 3.96. The molecule has 1 aromatic carbocycles. The number of hydrogen-bond acceptors (Lipinski definition) is 1. The first kappa shape index (κ1) is 15.6. The van der Waals surface area contributed by atoms with Crippen LogP contribution in [-0.4, -0.2) is 12.6 Å². The van der Waals surface area contributed by atoms with Crippen molar-refractivity contribution < 1.29 is 0 Å². The number of nitrogens with one attached hydrogen (secondary N) is 1. The number of rotatable bonds is 5. The van der Waals surface area contributed by atoms with Gasteiger partial charge in [0.2, 0.25) is 0 Å². The van der Waals surface area contributed by atoms with Crippen LogP contribution in [0.25, 0.3) is 0 Å². The summed E-state index contributed by atoms with van der Waals surface area (Å²) in [5, 5.41) is 3.78. The minimum absolute atomic E-state index is 0.480. The maximum atomic E-state index is 3.78. The topological polar surface area (TPSA) is 12.0 Å². The number of hydrogen-bond donors (Lipinski definition) is 1. The van der Waals surface area contributed by atoms with E-state index >= 15 is 0 Å². The highest BCUT2D eigenvalue weighted by Gasteiger charge is 2.37. The van der Waals surface area contributed by atoms with E-state index < -0.39 is 0 Å². The van der Waals surface area contributed by atoms with E-state index in [1.807, 2.05) is 0 Å². The molecule has 1 aliphatic rings. The van der Waals surface area contributed by atoms with Crippen LogP contribution in [-0.2, 0) is 6.42 Å². The molecule has 2 rings (SSSR count). The van der Waals surface area contributed by atoms with Crippen molar-refractivity contribution in [1.29, 1.82) is 0 Å². The Balaban J connectivity index is 2.16. The van der Waals surface area contributed by atoms with E-state index in [0.717, 1.165) is 12.5 Å². The highest BCUT2D eigenvalue weighted by molar-refractivity contribution is 5.26. The fourth-order valence-corrected chi connectivity index (χ4v) is 3.96. The number of aryl methyl sites for hydroxylation is 1. The zero-order valence-electron chi connectivity index (χ0n) is 13.7. The van der Waals surface area contributed by atoms with Crippen molar-refractivity contribution in [3.05, 3.63) is 35.4 Å². The summed E-state index contributed by atoms with van der Waals surface area (Å²) in [6.45, 7) is 10.5. The second kappa shape index (κ2) is 6.76. The molecule has 2 unspecified atom stereocenters. The molecule has 0 bridgehead atoms. The molecule has 0 saturated heterocycles. The molecule has 0 amide bonds. The maximum Gasteiger partial charge on any atom is 0.0141 e. The molecule has 1 nitrogen and oxygen atoms in total. The van der Waals surface area contributed by atoms with Gasteiger partial charge in [0.05, 0.1) is 0 Å². The normalized spacial score (nSPS) is 23.5. The maximum absolute atomic E-state index is 3.78. The minimum Gasteiger partial charge on any atom is -0.314 e. The summed E-state index contributed by atoms with van der Waals surface area (Å²) < 4.78 is 0. The fraction of sp³-hybridized carbons (Fsp3) is 0.684. The van der Waals surface area contributed by atoms with E-state index in [2.05, 4.69) is 57.3 Å². The molecule has 1 aromatic rings. The molecule has 0 heterocycles. The van der Waals surface area contributed by atoms with Gasteiger partial charge in [-0.3, -0.25) is 0 Å². The van der Waals surface area contributed by atoms with Gasteiger partial charge in [0.1, 0.15) is 0 Å². The van der Waals surface area contributed by atoms with E-state index in [1.165, 1.54) is 43.2 Å². The van der Waals surface area contributed by atoms with Crippen molar-refractivity contribution >= 4 is 0 Å². The molecule has 1 fully saturated rings. The number of likely N-dealkylation sites (N-methyl/N-ethyl adjacent to an activating group) is 1. The summed E-state index contributed by atoms with van der Waals surface area (Å²) in [5.74, 6) is 0.802. The van der Waals surface area contributed by atoms with E-state index in [4.69, 9.17) is 0 Å². The zero-order valence-corrected chi connectivity index (χ0v) is 13.7. The Morgan fingerprint density at radius 2 is 2.00 bits per heavy atom. The van der Waals surface area contributed by atoms with Gasteiger partial charge >= 0.3 is 0 Å². The van der Waals surface area contributed by atoms with Crippen molar-refractivity contribution in [2.75, 3.05) is 6.54 Å². The summed E-state index contributed by atoms with van der Waals surface area (Å²) in [6, 6.07) is 9.49. The Bertz CT molecular complexity index is 422. The van der Waals surface area contributed by atoms with Crippen LogP contribution in [0.15, 0.2) is 24.3 Å². The van der Waals surface area contributed by atoms with E-state index in [9.17, 15) is 0 Å². The van der Waals surface area contributed by atoms with Gasteiger partial charge in [0, 0.05) is 6.04 Å². The Hall–Kier alpha value is -0.820. The minimum atomic E-state index is 0.480. The molecule has 112 valence electrons. The van der Waals surface area contributed by atoms with Gasteiger partial charge in [-0.15, -0.1) is 0 Å². The number of benzene rings is 1. The smallest absolute Gasteiger partial charge is 0.0141 e. The monoisotopic (exact) mass is 273 g/mol. The third-order valence-electron chi connectivity index (χ3n) is 5.24. The van der Waals surface area contributed by atoms with E-state index in [-0.39, 0.29) is 0 Å². The molecule has 0 radical (unpaired) electrons. The van der Waals surface area contributed by atoms with Gasteiger partial charge in [-0.25, -0.2) is 0 Å². The first-order chi connectivity index (χ1) is 9.54. The van der Waals surface area contributed by atoms with Crippen molar-refractivity contribution in [1.82, 2.24) is 5.32 Å². The standard InChI is InChI=1S/C19H31N/c1-5-20-18(14-16-11-7-6-10-15(16)2)17-12-8-9-13-19(17,3)4/h6-7,10-11,17-18,20H,5,8-9,12-14H2,1-4H3. The molecule has 0 spiro atoms. The third kappa shape index (κ3) is 3.63. The average Bonchev–Trinajstić information content (AvgIpc) is 2.40. The second-order valence-corrected chi connectivity index (χ2v) is 7.14.